The summed E-state index contributed by atoms with van der Waals surface area (Å²) in [7, 11) is 0. The maximum absolute atomic E-state index is 11.1. The van der Waals surface area contributed by atoms with Crippen LogP contribution in [0.3, 0.4) is 0 Å². The van der Waals surface area contributed by atoms with E-state index in [-0.39, 0.29) is 0 Å². The molecule has 0 amide bonds. The summed E-state index contributed by atoms with van der Waals surface area (Å²) >= 11 is 0. The first-order valence-corrected chi connectivity index (χ1v) is 4.93. The van der Waals surface area contributed by atoms with E-state index in [1.54, 1.807) is 12.1 Å². The number of hydrogen-bond donors (Lipinski definition) is 1. The summed E-state index contributed by atoms with van der Waals surface area (Å²) in [4.78, 5) is 11.1. The quantitative estimate of drug-likeness (QED) is 0.752. The van der Waals surface area contributed by atoms with Crippen LogP contribution in [0.15, 0.2) is 36.1 Å². The summed E-state index contributed by atoms with van der Waals surface area (Å²) in [6.45, 7) is 0.624. The third kappa shape index (κ3) is 2.01. The van der Waals surface area contributed by atoms with E-state index in [4.69, 9.17) is 9.84 Å². The van der Waals surface area contributed by atoms with E-state index in [9.17, 15) is 4.79 Å². The number of ether oxygens (including phenoxy) is 1. The highest BCUT2D eigenvalue weighted by molar-refractivity contribution is 6.16. The lowest BCUT2D eigenvalue weighted by Gasteiger charge is -2.06. The van der Waals surface area contributed by atoms with E-state index in [0.717, 1.165) is 12.8 Å². The Morgan fingerprint density at radius 3 is 2.53 bits per heavy atom. The summed E-state index contributed by atoms with van der Waals surface area (Å²) in [6, 6.07) is 9.10. The molecular formula is C12H12O3. The van der Waals surface area contributed by atoms with Gasteiger partial charge in [0.05, 0.1) is 6.61 Å². The standard InChI is InChI=1S/C12H12O3/c13-12(14)11(10-7-4-8-15-10)9-5-2-1-3-6-9/h1-3,5-6H,4,7-8H2,(H,13,14)/b11-10-. The smallest absolute Gasteiger partial charge is 0.339 e. The lowest BCUT2D eigenvalue weighted by atomic mass is 10.0. The van der Waals surface area contributed by atoms with Crippen molar-refractivity contribution in [2.75, 3.05) is 6.61 Å². The van der Waals surface area contributed by atoms with Gasteiger partial charge in [-0.2, -0.15) is 0 Å². The molecule has 78 valence electrons. The minimum atomic E-state index is -0.918. The predicted molar refractivity (Wildman–Crippen MR) is 56.2 cm³/mol. The first kappa shape index (κ1) is 9.77. The molecule has 1 aliphatic rings. The molecular weight excluding hydrogens is 192 g/mol. The van der Waals surface area contributed by atoms with Crippen molar-refractivity contribution in [3.8, 4) is 0 Å². The lowest BCUT2D eigenvalue weighted by molar-refractivity contribution is -0.130. The number of allylic oxidation sites excluding steroid dienone is 1. The molecule has 1 heterocycles. The summed E-state index contributed by atoms with van der Waals surface area (Å²) < 4.78 is 5.33. The molecule has 0 aliphatic carbocycles. The van der Waals surface area contributed by atoms with Crippen molar-refractivity contribution in [3.63, 3.8) is 0 Å². The van der Waals surface area contributed by atoms with Crippen molar-refractivity contribution >= 4 is 11.5 Å². The fourth-order valence-corrected chi connectivity index (χ4v) is 1.71. The van der Waals surface area contributed by atoms with Gasteiger partial charge in [-0.3, -0.25) is 0 Å². The number of hydrogen-bond acceptors (Lipinski definition) is 2. The highest BCUT2D eigenvalue weighted by Crippen LogP contribution is 2.27. The molecule has 0 unspecified atom stereocenters. The molecule has 0 radical (unpaired) electrons. The van der Waals surface area contributed by atoms with Crippen LogP contribution in [0.2, 0.25) is 0 Å². The van der Waals surface area contributed by atoms with Crippen molar-refractivity contribution < 1.29 is 14.6 Å². The maximum atomic E-state index is 11.1. The summed E-state index contributed by atoms with van der Waals surface area (Å²) in [5.74, 6) is -0.313. The SMILES string of the molecule is O=C(O)/C(=C1/CCCO1)c1ccccc1. The first-order chi connectivity index (χ1) is 7.29. The molecule has 3 heteroatoms. The van der Waals surface area contributed by atoms with E-state index in [0.29, 0.717) is 23.5 Å². The zero-order chi connectivity index (χ0) is 10.7. The van der Waals surface area contributed by atoms with E-state index >= 15 is 0 Å². The summed E-state index contributed by atoms with van der Waals surface area (Å²) in [6.07, 6.45) is 1.62. The molecule has 0 saturated carbocycles. The molecule has 1 N–H and O–H groups in total. The summed E-state index contributed by atoms with van der Waals surface area (Å²) in [5.41, 5.74) is 1.01. The van der Waals surface area contributed by atoms with Crippen molar-refractivity contribution in [3.05, 3.63) is 41.7 Å². The lowest BCUT2D eigenvalue weighted by Crippen LogP contribution is -2.03. The molecule has 1 aromatic rings. The van der Waals surface area contributed by atoms with E-state index in [1.807, 2.05) is 18.2 Å². The monoisotopic (exact) mass is 204 g/mol. The molecule has 0 atom stereocenters. The van der Waals surface area contributed by atoms with Gasteiger partial charge in [0, 0.05) is 6.42 Å². The van der Waals surface area contributed by atoms with Crippen LogP contribution in [0.4, 0.5) is 0 Å². The Balaban J connectivity index is 2.45. The van der Waals surface area contributed by atoms with Gasteiger partial charge < -0.3 is 9.84 Å². The molecule has 1 fully saturated rings. The average molecular weight is 204 g/mol. The fraction of sp³-hybridized carbons (Fsp3) is 0.250. The van der Waals surface area contributed by atoms with Crippen LogP contribution in [-0.2, 0) is 9.53 Å². The minimum absolute atomic E-state index is 0.299. The third-order valence-corrected chi connectivity index (χ3v) is 2.38. The largest absolute Gasteiger partial charge is 0.497 e. The number of aliphatic carboxylic acids is 1. The Morgan fingerprint density at radius 2 is 2.00 bits per heavy atom. The normalized spacial score (nSPS) is 18.4. The highest BCUT2D eigenvalue weighted by Gasteiger charge is 2.20. The van der Waals surface area contributed by atoms with Crippen molar-refractivity contribution in [2.45, 2.75) is 12.8 Å². The van der Waals surface area contributed by atoms with Gasteiger partial charge in [0.2, 0.25) is 0 Å². The number of rotatable bonds is 2. The molecule has 1 saturated heterocycles. The number of carboxylic acid groups (broad SMARTS) is 1. The van der Waals surface area contributed by atoms with Crippen molar-refractivity contribution in [1.82, 2.24) is 0 Å². The van der Waals surface area contributed by atoms with Crippen LogP contribution in [0, 0.1) is 0 Å². The Morgan fingerprint density at radius 1 is 1.27 bits per heavy atom. The van der Waals surface area contributed by atoms with Crippen molar-refractivity contribution in [1.29, 1.82) is 0 Å². The molecule has 15 heavy (non-hydrogen) atoms. The Labute approximate surface area is 88.0 Å². The number of carboxylic acids is 1. The second-order valence-electron chi connectivity index (χ2n) is 3.42. The topological polar surface area (TPSA) is 46.5 Å². The van der Waals surface area contributed by atoms with Crippen molar-refractivity contribution in [2.24, 2.45) is 0 Å². The Hall–Kier alpha value is -1.77. The van der Waals surface area contributed by atoms with Crippen LogP contribution < -0.4 is 0 Å². The second-order valence-corrected chi connectivity index (χ2v) is 3.42. The molecule has 3 nitrogen and oxygen atoms in total. The van der Waals surface area contributed by atoms with Crippen LogP contribution in [0.5, 0.6) is 0 Å². The van der Waals surface area contributed by atoms with Gasteiger partial charge in [0.15, 0.2) is 0 Å². The van der Waals surface area contributed by atoms with E-state index in [1.165, 1.54) is 0 Å². The molecule has 0 aromatic heterocycles. The Bertz CT molecular complexity index is 385. The fourth-order valence-electron chi connectivity index (χ4n) is 1.71. The molecule has 1 aromatic carbocycles. The average Bonchev–Trinajstić information content (AvgIpc) is 2.72. The Kier molecular flexibility index (Phi) is 2.72. The van der Waals surface area contributed by atoms with Gasteiger partial charge in [-0.15, -0.1) is 0 Å². The van der Waals surface area contributed by atoms with E-state index < -0.39 is 5.97 Å². The zero-order valence-corrected chi connectivity index (χ0v) is 8.27. The van der Waals surface area contributed by atoms with Crippen LogP contribution in [-0.4, -0.2) is 17.7 Å². The number of carbonyl (C=O) groups is 1. The zero-order valence-electron chi connectivity index (χ0n) is 8.27. The molecule has 1 aliphatic heterocycles. The predicted octanol–water partition coefficient (Wildman–Crippen LogP) is 2.29. The highest BCUT2D eigenvalue weighted by atomic mass is 16.5. The third-order valence-electron chi connectivity index (χ3n) is 2.38. The van der Waals surface area contributed by atoms with Gasteiger partial charge in [0.1, 0.15) is 11.3 Å². The van der Waals surface area contributed by atoms with Crippen LogP contribution in [0.1, 0.15) is 18.4 Å². The first-order valence-electron chi connectivity index (χ1n) is 4.93. The van der Waals surface area contributed by atoms with Gasteiger partial charge in [0.25, 0.3) is 0 Å². The van der Waals surface area contributed by atoms with Gasteiger partial charge >= 0.3 is 5.97 Å². The minimum Gasteiger partial charge on any atom is -0.497 e. The maximum Gasteiger partial charge on any atom is 0.339 e. The van der Waals surface area contributed by atoms with E-state index in [2.05, 4.69) is 0 Å². The van der Waals surface area contributed by atoms with Gasteiger partial charge in [-0.1, -0.05) is 30.3 Å². The molecule has 0 spiro atoms. The second kappa shape index (κ2) is 4.17. The number of benzene rings is 1. The molecule has 0 bridgehead atoms. The van der Waals surface area contributed by atoms with Gasteiger partial charge in [-0.25, -0.2) is 4.79 Å². The summed E-state index contributed by atoms with van der Waals surface area (Å²) in [5, 5.41) is 9.15. The van der Waals surface area contributed by atoms with Crippen LogP contribution >= 0.6 is 0 Å². The molecule has 2 rings (SSSR count). The van der Waals surface area contributed by atoms with Crippen LogP contribution in [0.25, 0.3) is 5.57 Å². The van der Waals surface area contributed by atoms with Gasteiger partial charge in [-0.05, 0) is 12.0 Å².